The number of hydrogen-bond acceptors (Lipinski definition) is 6. The molecule has 1 unspecified atom stereocenters. The highest BCUT2D eigenvalue weighted by Gasteiger charge is 2.32. The Labute approximate surface area is 199 Å². The first-order chi connectivity index (χ1) is 16.6. The second-order valence-corrected chi connectivity index (χ2v) is 8.60. The highest BCUT2D eigenvalue weighted by molar-refractivity contribution is 6.06. The van der Waals surface area contributed by atoms with Crippen molar-refractivity contribution in [3.05, 3.63) is 75.1 Å². The molecule has 0 radical (unpaired) electrons. The first kappa shape index (κ1) is 24.4. The van der Waals surface area contributed by atoms with Crippen molar-refractivity contribution in [3.63, 3.8) is 0 Å². The lowest BCUT2D eigenvalue weighted by Gasteiger charge is -2.23. The van der Waals surface area contributed by atoms with Crippen LogP contribution in [0, 0.1) is 13.8 Å². The summed E-state index contributed by atoms with van der Waals surface area (Å²) in [5, 5.41) is 6.05. The van der Waals surface area contributed by atoms with Crippen molar-refractivity contribution in [2.24, 2.45) is 0 Å². The number of halogens is 3. The monoisotopic (exact) mass is 486 g/mol. The fourth-order valence-electron chi connectivity index (χ4n) is 4.39. The molecule has 184 valence electrons. The number of carbonyl (C=O) groups is 1. The fraction of sp³-hybridized carbons (Fsp3) is 0.333. The van der Waals surface area contributed by atoms with Gasteiger partial charge in [0.15, 0.2) is 0 Å². The summed E-state index contributed by atoms with van der Waals surface area (Å²) in [5.41, 5.74) is 5.75. The van der Waals surface area contributed by atoms with Gasteiger partial charge in [0.1, 0.15) is 17.7 Å². The van der Waals surface area contributed by atoms with Gasteiger partial charge < -0.3 is 16.4 Å². The molecule has 11 heteroatoms. The van der Waals surface area contributed by atoms with Crippen molar-refractivity contribution in [3.8, 4) is 5.69 Å². The molecule has 1 fully saturated rings. The van der Waals surface area contributed by atoms with E-state index in [4.69, 9.17) is 5.73 Å². The molecule has 4 rings (SSSR count). The predicted molar refractivity (Wildman–Crippen MR) is 126 cm³/mol. The van der Waals surface area contributed by atoms with Crippen molar-refractivity contribution in [1.29, 1.82) is 0 Å². The quantitative estimate of drug-likeness (QED) is 0.515. The van der Waals surface area contributed by atoms with Gasteiger partial charge in [-0.2, -0.15) is 13.2 Å². The number of nitrogen functional groups attached to an aromatic ring is 1. The van der Waals surface area contributed by atoms with Crippen LogP contribution < -0.4 is 21.9 Å². The largest absolute Gasteiger partial charge is 0.416 e. The van der Waals surface area contributed by atoms with Crippen LogP contribution in [0.15, 0.2) is 41.7 Å². The van der Waals surface area contributed by atoms with E-state index in [1.807, 2.05) is 0 Å². The minimum Gasteiger partial charge on any atom is -0.383 e. The van der Waals surface area contributed by atoms with Gasteiger partial charge in [-0.05, 0) is 68.1 Å². The van der Waals surface area contributed by atoms with E-state index in [1.165, 1.54) is 20.0 Å². The number of benzene rings is 1. The second kappa shape index (κ2) is 9.49. The molecule has 1 aliphatic heterocycles. The number of anilines is 2. The van der Waals surface area contributed by atoms with Gasteiger partial charge in [-0.3, -0.25) is 19.1 Å². The van der Waals surface area contributed by atoms with Crippen LogP contribution >= 0.6 is 0 Å². The van der Waals surface area contributed by atoms with Crippen LogP contribution in [0.1, 0.15) is 57.9 Å². The van der Waals surface area contributed by atoms with E-state index >= 15 is 0 Å². The molecular formula is C24H25F3N6O2. The highest BCUT2D eigenvalue weighted by Crippen LogP contribution is 2.33. The molecule has 8 nitrogen and oxygen atoms in total. The number of amides is 1. The van der Waals surface area contributed by atoms with Gasteiger partial charge in [-0.1, -0.05) is 6.42 Å². The van der Waals surface area contributed by atoms with Gasteiger partial charge in [0.25, 0.3) is 11.5 Å². The molecule has 3 heterocycles. The minimum atomic E-state index is -4.53. The molecule has 0 bridgehead atoms. The summed E-state index contributed by atoms with van der Waals surface area (Å²) >= 11 is 0. The van der Waals surface area contributed by atoms with Crippen LogP contribution in [0.3, 0.4) is 0 Å². The first-order valence-corrected chi connectivity index (χ1v) is 11.1. The van der Waals surface area contributed by atoms with E-state index < -0.39 is 28.8 Å². The summed E-state index contributed by atoms with van der Waals surface area (Å²) in [6, 6.07) is 3.80. The summed E-state index contributed by atoms with van der Waals surface area (Å²) < 4.78 is 40.6. The van der Waals surface area contributed by atoms with Crippen LogP contribution in [-0.2, 0) is 6.18 Å². The van der Waals surface area contributed by atoms with E-state index in [2.05, 4.69) is 20.6 Å². The number of nitrogens with zero attached hydrogens (tertiary/aromatic N) is 3. The van der Waals surface area contributed by atoms with Crippen molar-refractivity contribution < 1.29 is 18.0 Å². The summed E-state index contributed by atoms with van der Waals surface area (Å²) in [7, 11) is 0. The average molecular weight is 486 g/mol. The number of nitrogens with two attached hydrogens (primary N) is 1. The molecule has 4 N–H and O–H groups in total. The zero-order valence-electron chi connectivity index (χ0n) is 19.2. The Morgan fingerprint density at radius 3 is 2.51 bits per heavy atom. The van der Waals surface area contributed by atoms with Crippen LogP contribution in [0.2, 0.25) is 0 Å². The van der Waals surface area contributed by atoms with Gasteiger partial charge in [0.2, 0.25) is 0 Å². The van der Waals surface area contributed by atoms with Crippen molar-refractivity contribution in [1.82, 2.24) is 19.9 Å². The third kappa shape index (κ3) is 5.04. The molecule has 0 spiro atoms. The molecule has 0 aliphatic carbocycles. The standard InChI is InChI=1S/C24H25F3N6O2/c1-13-7-16(24(25,26)27)8-14(2)20(13)33-12-31-21(28)19(23(33)35)22(34)32-17-9-15(10-29-11-17)18-5-3-4-6-30-18/h7-12,18,30H,3-6,28H2,1-2H3,(H,32,34). The number of hydrogen-bond donors (Lipinski definition) is 3. The Kier molecular flexibility index (Phi) is 6.62. The van der Waals surface area contributed by atoms with Crippen LogP contribution in [-0.4, -0.2) is 27.0 Å². The lowest BCUT2D eigenvalue weighted by atomic mass is 9.99. The topological polar surface area (TPSA) is 115 Å². The molecule has 1 atom stereocenters. The van der Waals surface area contributed by atoms with Crippen molar-refractivity contribution in [2.45, 2.75) is 45.3 Å². The second-order valence-electron chi connectivity index (χ2n) is 8.60. The van der Waals surface area contributed by atoms with E-state index in [-0.39, 0.29) is 28.7 Å². The maximum Gasteiger partial charge on any atom is 0.416 e. The normalized spacial score (nSPS) is 16.2. The van der Waals surface area contributed by atoms with Crippen LogP contribution in [0.5, 0.6) is 0 Å². The Hall–Kier alpha value is -3.73. The Balaban J connectivity index is 1.68. The first-order valence-electron chi connectivity index (χ1n) is 11.1. The molecule has 35 heavy (non-hydrogen) atoms. The van der Waals surface area contributed by atoms with Gasteiger partial charge in [-0.15, -0.1) is 0 Å². The number of rotatable bonds is 4. The number of aromatic nitrogens is 3. The predicted octanol–water partition coefficient (Wildman–Crippen LogP) is 3.91. The van der Waals surface area contributed by atoms with Gasteiger partial charge in [-0.25, -0.2) is 4.98 Å². The SMILES string of the molecule is Cc1cc(C(F)(F)F)cc(C)c1-n1cnc(N)c(C(=O)Nc2cncc(C3CCCCN3)c2)c1=O. The minimum absolute atomic E-state index is 0.124. The molecular weight excluding hydrogens is 461 g/mol. The van der Waals surface area contributed by atoms with E-state index in [0.29, 0.717) is 5.69 Å². The number of alkyl halides is 3. The van der Waals surface area contributed by atoms with E-state index in [9.17, 15) is 22.8 Å². The van der Waals surface area contributed by atoms with E-state index in [1.54, 1.807) is 12.3 Å². The summed E-state index contributed by atoms with van der Waals surface area (Å²) in [4.78, 5) is 34.4. The number of carbonyl (C=O) groups excluding carboxylic acids is 1. The molecule has 1 amide bonds. The van der Waals surface area contributed by atoms with Crippen molar-refractivity contribution >= 4 is 17.4 Å². The maximum atomic E-state index is 13.3. The van der Waals surface area contributed by atoms with Crippen molar-refractivity contribution in [2.75, 3.05) is 17.6 Å². The molecule has 3 aromatic rings. The third-order valence-corrected chi connectivity index (χ3v) is 6.02. The van der Waals surface area contributed by atoms with Crippen LogP contribution in [0.25, 0.3) is 5.69 Å². The number of piperidine rings is 1. The number of pyridine rings is 1. The molecule has 2 aromatic heterocycles. The Bertz CT molecular complexity index is 1310. The lowest BCUT2D eigenvalue weighted by molar-refractivity contribution is -0.137. The smallest absolute Gasteiger partial charge is 0.383 e. The van der Waals surface area contributed by atoms with E-state index in [0.717, 1.165) is 54.4 Å². The average Bonchev–Trinajstić information content (AvgIpc) is 2.80. The number of nitrogens with one attached hydrogen (secondary N) is 2. The Morgan fingerprint density at radius 1 is 1.17 bits per heavy atom. The number of aryl methyl sites for hydroxylation is 2. The van der Waals surface area contributed by atoms with Crippen LogP contribution in [0.4, 0.5) is 24.7 Å². The molecule has 1 aromatic carbocycles. The summed E-state index contributed by atoms with van der Waals surface area (Å²) in [6.45, 7) is 3.81. The summed E-state index contributed by atoms with van der Waals surface area (Å²) in [6.07, 6.45) is 2.89. The molecule has 0 saturated carbocycles. The summed E-state index contributed by atoms with van der Waals surface area (Å²) in [5.74, 6) is -1.07. The molecule has 1 saturated heterocycles. The maximum absolute atomic E-state index is 13.3. The van der Waals surface area contributed by atoms with Gasteiger partial charge >= 0.3 is 6.18 Å². The Morgan fingerprint density at radius 2 is 1.89 bits per heavy atom. The van der Waals surface area contributed by atoms with Gasteiger partial charge in [0.05, 0.1) is 23.1 Å². The fourth-order valence-corrected chi connectivity index (χ4v) is 4.39. The van der Waals surface area contributed by atoms with Gasteiger partial charge in [0, 0.05) is 12.2 Å². The lowest BCUT2D eigenvalue weighted by Crippen LogP contribution is -2.31. The zero-order valence-corrected chi connectivity index (χ0v) is 19.2. The highest BCUT2D eigenvalue weighted by atomic mass is 19.4. The zero-order chi connectivity index (χ0) is 25.3. The third-order valence-electron chi connectivity index (χ3n) is 6.02. The molecule has 1 aliphatic rings.